The molecule has 7 heteroatoms. The van der Waals surface area contributed by atoms with Gasteiger partial charge in [0.1, 0.15) is 5.82 Å². The molecule has 0 amide bonds. The van der Waals surface area contributed by atoms with Crippen LogP contribution in [-0.4, -0.2) is 40.2 Å². The first-order chi connectivity index (χ1) is 9.10. The van der Waals surface area contributed by atoms with Crippen LogP contribution < -0.4 is 5.32 Å². The number of carbonyl (C=O) groups is 2. The highest BCUT2D eigenvalue weighted by atomic mass is 16.5. The fraction of sp³-hybridized carbons (Fsp3) is 0.500. The zero-order valence-electron chi connectivity index (χ0n) is 10.5. The molecule has 1 aliphatic carbocycles. The molecule has 0 radical (unpaired) electrons. The number of ether oxygens (including phenoxy) is 1. The molecular weight excluding hydrogens is 250 g/mol. The minimum atomic E-state index is -0.855. The van der Waals surface area contributed by atoms with Gasteiger partial charge in [-0.15, -0.1) is 0 Å². The second kappa shape index (κ2) is 5.64. The predicted octanol–water partition coefficient (Wildman–Crippen LogP) is 0.928. The van der Waals surface area contributed by atoms with Crippen LogP contribution in [0.5, 0.6) is 0 Å². The summed E-state index contributed by atoms with van der Waals surface area (Å²) >= 11 is 0. The van der Waals surface area contributed by atoms with Crippen LogP contribution in [0.3, 0.4) is 0 Å². The lowest BCUT2D eigenvalue weighted by Gasteiger charge is -2.16. The first-order valence-electron chi connectivity index (χ1n) is 6.00. The first kappa shape index (κ1) is 13.3. The number of aliphatic carboxylic acids is 1. The second-order valence-corrected chi connectivity index (χ2v) is 4.44. The van der Waals surface area contributed by atoms with Crippen LogP contribution in [0.4, 0.5) is 5.82 Å². The largest absolute Gasteiger partial charge is 0.481 e. The van der Waals surface area contributed by atoms with Crippen LogP contribution in [0.1, 0.15) is 29.9 Å². The van der Waals surface area contributed by atoms with Crippen LogP contribution in [-0.2, 0) is 9.53 Å². The summed E-state index contributed by atoms with van der Waals surface area (Å²) in [6.07, 6.45) is 3.49. The van der Waals surface area contributed by atoms with Crippen molar-refractivity contribution in [3.63, 3.8) is 0 Å². The van der Waals surface area contributed by atoms with Crippen molar-refractivity contribution >= 4 is 17.8 Å². The minimum Gasteiger partial charge on any atom is -0.481 e. The third-order valence-electron chi connectivity index (χ3n) is 2.94. The highest BCUT2D eigenvalue weighted by Crippen LogP contribution is 2.35. The maximum atomic E-state index is 11.3. The Morgan fingerprint density at radius 3 is 2.89 bits per heavy atom. The van der Waals surface area contributed by atoms with Gasteiger partial charge in [-0.05, 0) is 24.8 Å². The lowest BCUT2D eigenvalue weighted by Crippen LogP contribution is -2.26. The Hall–Kier alpha value is -2.18. The summed E-state index contributed by atoms with van der Waals surface area (Å²) in [7, 11) is 1.25. The van der Waals surface area contributed by atoms with Crippen molar-refractivity contribution in [1.82, 2.24) is 9.97 Å². The van der Waals surface area contributed by atoms with Crippen molar-refractivity contribution in [3.05, 3.63) is 18.1 Å². The van der Waals surface area contributed by atoms with Gasteiger partial charge < -0.3 is 15.2 Å². The summed E-state index contributed by atoms with van der Waals surface area (Å²) in [5, 5.41) is 11.9. The number of nitrogens with zero attached hydrogens (tertiary/aromatic N) is 2. The van der Waals surface area contributed by atoms with Crippen molar-refractivity contribution in [2.75, 3.05) is 12.4 Å². The van der Waals surface area contributed by atoms with Gasteiger partial charge >= 0.3 is 11.9 Å². The van der Waals surface area contributed by atoms with E-state index in [-0.39, 0.29) is 18.3 Å². The SMILES string of the molecule is COC(=O)c1nccc(NC(CC(=O)O)C2CC2)n1. The Morgan fingerprint density at radius 1 is 1.58 bits per heavy atom. The molecule has 102 valence electrons. The number of carboxylic acids is 1. The number of rotatable bonds is 6. The quantitative estimate of drug-likeness (QED) is 0.737. The summed E-state index contributed by atoms with van der Waals surface area (Å²) in [5.41, 5.74) is 0. The van der Waals surface area contributed by atoms with E-state index in [1.165, 1.54) is 13.3 Å². The smallest absolute Gasteiger partial charge is 0.376 e. The Bertz CT molecular complexity index is 488. The number of carbonyl (C=O) groups excluding carboxylic acids is 1. The van der Waals surface area contributed by atoms with E-state index in [1.54, 1.807) is 6.07 Å². The zero-order chi connectivity index (χ0) is 13.8. The van der Waals surface area contributed by atoms with Crippen LogP contribution >= 0.6 is 0 Å². The summed E-state index contributed by atoms with van der Waals surface area (Å²) < 4.78 is 4.53. The van der Waals surface area contributed by atoms with E-state index >= 15 is 0 Å². The van der Waals surface area contributed by atoms with E-state index in [0.717, 1.165) is 12.8 Å². The molecule has 1 aromatic heterocycles. The van der Waals surface area contributed by atoms with Crippen molar-refractivity contribution in [3.8, 4) is 0 Å². The number of carboxylic acid groups (broad SMARTS) is 1. The molecule has 1 aliphatic rings. The van der Waals surface area contributed by atoms with E-state index in [4.69, 9.17) is 5.11 Å². The topological polar surface area (TPSA) is 101 Å². The molecule has 0 bridgehead atoms. The molecule has 7 nitrogen and oxygen atoms in total. The molecule has 1 fully saturated rings. The average molecular weight is 265 g/mol. The molecule has 1 atom stereocenters. The molecule has 0 aliphatic heterocycles. The molecule has 1 saturated carbocycles. The summed E-state index contributed by atoms with van der Waals surface area (Å²) in [6.45, 7) is 0. The lowest BCUT2D eigenvalue weighted by atomic mass is 10.1. The van der Waals surface area contributed by atoms with Crippen molar-refractivity contribution in [2.24, 2.45) is 5.92 Å². The lowest BCUT2D eigenvalue weighted by molar-refractivity contribution is -0.137. The van der Waals surface area contributed by atoms with Gasteiger partial charge in [0.15, 0.2) is 0 Å². The first-order valence-corrected chi connectivity index (χ1v) is 6.00. The Labute approximate surface area is 110 Å². The number of hydrogen-bond donors (Lipinski definition) is 2. The fourth-order valence-corrected chi connectivity index (χ4v) is 1.84. The monoisotopic (exact) mass is 265 g/mol. The number of aromatic nitrogens is 2. The van der Waals surface area contributed by atoms with Crippen LogP contribution in [0, 0.1) is 5.92 Å². The fourth-order valence-electron chi connectivity index (χ4n) is 1.84. The Kier molecular flexibility index (Phi) is 3.94. The second-order valence-electron chi connectivity index (χ2n) is 4.44. The van der Waals surface area contributed by atoms with Gasteiger partial charge in [0.2, 0.25) is 5.82 Å². The molecular formula is C12H15N3O4. The highest BCUT2D eigenvalue weighted by molar-refractivity contribution is 5.85. The number of nitrogens with one attached hydrogen (secondary N) is 1. The maximum absolute atomic E-state index is 11.3. The molecule has 19 heavy (non-hydrogen) atoms. The molecule has 0 aromatic carbocycles. The summed E-state index contributed by atoms with van der Waals surface area (Å²) in [6, 6.07) is 1.43. The van der Waals surface area contributed by atoms with Crippen molar-refractivity contribution in [1.29, 1.82) is 0 Å². The van der Waals surface area contributed by atoms with E-state index < -0.39 is 11.9 Å². The third kappa shape index (κ3) is 3.64. The van der Waals surface area contributed by atoms with Gasteiger partial charge in [0.25, 0.3) is 0 Å². The minimum absolute atomic E-state index is 0.0300. The van der Waals surface area contributed by atoms with Crippen molar-refractivity contribution in [2.45, 2.75) is 25.3 Å². The molecule has 0 spiro atoms. The van der Waals surface area contributed by atoms with Crippen LogP contribution in [0.15, 0.2) is 12.3 Å². The zero-order valence-corrected chi connectivity index (χ0v) is 10.5. The standard InChI is InChI=1S/C12H15N3O4/c1-19-12(18)11-13-5-4-9(15-11)14-8(6-10(16)17)7-2-3-7/h4-5,7-8H,2-3,6H2,1H3,(H,16,17)(H,13,14,15). The molecule has 1 aromatic rings. The van der Waals surface area contributed by atoms with E-state index in [2.05, 4.69) is 20.0 Å². The third-order valence-corrected chi connectivity index (χ3v) is 2.94. The van der Waals surface area contributed by atoms with Gasteiger partial charge in [-0.25, -0.2) is 14.8 Å². The van der Waals surface area contributed by atoms with Gasteiger partial charge in [-0.3, -0.25) is 4.79 Å². The molecule has 2 rings (SSSR count). The molecule has 2 N–H and O–H groups in total. The van der Waals surface area contributed by atoms with Crippen molar-refractivity contribution < 1.29 is 19.4 Å². The van der Waals surface area contributed by atoms with Gasteiger partial charge in [0, 0.05) is 12.2 Å². The summed E-state index contributed by atoms with van der Waals surface area (Å²) in [4.78, 5) is 29.9. The number of esters is 1. The van der Waals surface area contributed by atoms with Crippen LogP contribution in [0.2, 0.25) is 0 Å². The molecule has 1 heterocycles. The summed E-state index contributed by atoms with van der Waals surface area (Å²) in [5.74, 6) is -0.727. The van der Waals surface area contributed by atoms with Gasteiger partial charge in [-0.2, -0.15) is 0 Å². The predicted molar refractivity (Wildman–Crippen MR) is 65.8 cm³/mol. The Morgan fingerprint density at radius 2 is 2.32 bits per heavy atom. The van der Waals surface area contributed by atoms with E-state index in [9.17, 15) is 9.59 Å². The molecule has 0 saturated heterocycles. The van der Waals surface area contributed by atoms with Gasteiger partial charge in [0.05, 0.1) is 13.5 Å². The number of hydrogen-bond acceptors (Lipinski definition) is 6. The average Bonchev–Trinajstić information content (AvgIpc) is 3.21. The number of methoxy groups -OCH3 is 1. The van der Waals surface area contributed by atoms with E-state index in [0.29, 0.717) is 11.7 Å². The Balaban J connectivity index is 2.08. The van der Waals surface area contributed by atoms with E-state index in [1.807, 2.05) is 0 Å². The molecule has 1 unspecified atom stereocenters. The normalized spacial score (nSPS) is 15.6. The highest BCUT2D eigenvalue weighted by Gasteiger charge is 2.33. The van der Waals surface area contributed by atoms with Gasteiger partial charge in [-0.1, -0.05) is 0 Å². The number of anilines is 1. The van der Waals surface area contributed by atoms with Crippen LogP contribution in [0.25, 0.3) is 0 Å². The maximum Gasteiger partial charge on any atom is 0.376 e.